The second kappa shape index (κ2) is 7.30. The molecule has 0 spiro atoms. The number of imidazole rings is 1. The summed E-state index contributed by atoms with van der Waals surface area (Å²) in [5.74, 6) is -0.233. The summed E-state index contributed by atoms with van der Waals surface area (Å²) in [4.78, 5) is 38.0. The maximum atomic E-state index is 12.7. The number of halogens is 2. The van der Waals surface area contributed by atoms with Crippen LogP contribution in [0.4, 0.5) is 4.79 Å². The summed E-state index contributed by atoms with van der Waals surface area (Å²) in [6, 6.07) is 1.91. The number of H-pyrrole nitrogens is 1. The third-order valence-corrected chi connectivity index (χ3v) is 6.47. The molecule has 2 aliphatic rings. The highest BCUT2D eigenvalue weighted by Gasteiger charge is 2.38. The van der Waals surface area contributed by atoms with Crippen molar-refractivity contribution in [1.82, 2.24) is 19.9 Å². The van der Waals surface area contributed by atoms with E-state index in [1.807, 2.05) is 12.1 Å². The lowest BCUT2D eigenvalue weighted by Crippen LogP contribution is -2.28. The largest absolute Gasteiger partial charge is 0.343 e. The number of aromatic nitrogens is 3. The van der Waals surface area contributed by atoms with Gasteiger partial charge >= 0.3 is 0 Å². The number of fused-ring (bicyclic) bond motifs is 1. The Morgan fingerprint density at radius 2 is 2.04 bits per heavy atom. The molecular formula is C18H16Cl2N4O2S. The fourth-order valence-corrected chi connectivity index (χ4v) is 4.51. The van der Waals surface area contributed by atoms with Gasteiger partial charge in [0.05, 0.1) is 16.7 Å². The Hall–Kier alpha value is -1.83. The zero-order valence-electron chi connectivity index (χ0n) is 14.2. The first-order valence-electron chi connectivity index (χ1n) is 8.52. The minimum absolute atomic E-state index is 0.220. The number of amides is 2. The van der Waals surface area contributed by atoms with Crippen LogP contribution in [0, 0.1) is 0 Å². The van der Waals surface area contributed by atoms with Crippen LogP contribution < -0.4 is 0 Å². The maximum absolute atomic E-state index is 12.7. The topological polar surface area (TPSA) is 79.0 Å². The van der Waals surface area contributed by atoms with Crippen LogP contribution in [0.25, 0.3) is 17.2 Å². The summed E-state index contributed by atoms with van der Waals surface area (Å²) in [7, 11) is 0. The number of thioether (sulfide) groups is 1. The Morgan fingerprint density at radius 3 is 2.81 bits per heavy atom. The monoisotopic (exact) mass is 422 g/mol. The third kappa shape index (κ3) is 3.90. The number of hydrogen-bond acceptors (Lipinski definition) is 5. The van der Waals surface area contributed by atoms with E-state index in [4.69, 9.17) is 23.2 Å². The second-order valence-corrected chi connectivity index (χ2v) is 9.12. The lowest BCUT2D eigenvalue weighted by Gasteiger charge is -2.26. The van der Waals surface area contributed by atoms with Crippen molar-refractivity contribution in [2.75, 3.05) is 6.54 Å². The smallest absolute Gasteiger partial charge is 0.293 e. The Kier molecular flexibility index (Phi) is 5.01. The van der Waals surface area contributed by atoms with Crippen LogP contribution in [0.5, 0.6) is 0 Å². The Balaban J connectivity index is 1.45. The van der Waals surface area contributed by atoms with Crippen LogP contribution in [0.15, 0.2) is 35.1 Å². The Bertz CT molecular complexity index is 971. The number of carbonyl (C=O) groups is 2. The summed E-state index contributed by atoms with van der Waals surface area (Å²) in [6.45, 7) is 0.220. The lowest BCUT2D eigenvalue weighted by molar-refractivity contribution is -0.122. The van der Waals surface area contributed by atoms with Gasteiger partial charge in [-0.05, 0) is 49.1 Å². The SMILES string of the molecule is O=C1SC(=C2CCC(Cl)(Cl)CC2)C(=O)N1CC=Cc1cnc2nc[nH]c2c1. The van der Waals surface area contributed by atoms with Crippen LogP contribution in [0.1, 0.15) is 31.2 Å². The highest BCUT2D eigenvalue weighted by molar-refractivity contribution is 8.18. The molecule has 0 bridgehead atoms. The average molecular weight is 423 g/mol. The van der Waals surface area contributed by atoms with Crippen LogP contribution in [-0.4, -0.2) is 41.9 Å². The molecule has 6 nitrogen and oxygen atoms in total. The van der Waals surface area contributed by atoms with Crippen molar-refractivity contribution >= 4 is 63.4 Å². The van der Waals surface area contributed by atoms with E-state index in [2.05, 4.69) is 15.0 Å². The van der Waals surface area contributed by atoms with Gasteiger partial charge in [0.2, 0.25) is 0 Å². The molecule has 1 saturated heterocycles. The number of aromatic amines is 1. The Labute approximate surface area is 170 Å². The molecule has 1 N–H and O–H groups in total. The van der Waals surface area contributed by atoms with Gasteiger partial charge in [0.1, 0.15) is 4.33 Å². The minimum atomic E-state index is -0.730. The van der Waals surface area contributed by atoms with E-state index >= 15 is 0 Å². The van der Waals surface area contributed by atoms with Gasteiger partial charge in [0.15, 0.2) is 5.65 Å². The molecule has 2 fully saturated rings. The van der Waals surface area contributed by atoms with E-state index in [1.165, 1.54) is 4.90 Å². The molecule has 4 rings (SSSR count). The highest BCUT2D eigenvalue weighted by Crippen LogP contribution is 2.44. The molecule has 2 aromatic rings. The van der Waals surface area contributed by atoms with Gasteiger partial charge < -0.3 is 4.98 Å². The molecule has 2 amide bonds. The average Bonchev–Trinajstić information content (AvgIpc) is 3.21. The molecule has 1 aliphatic heterocycles. The van der Waals surface area contributed by atoms with E-state index in [0.29, 0.717) is 36.2 Å². The molecule has 1 aliphatic carbocycles. The van der Waals surface area contributed by atoms with Crippen molar-refractivity contribution in [2.24, 2.45) is 0 Å². The Morgan fingerprint density at radius 1 is 1.26 bits per heavy atom. The van der Waals surface area contributed by atoms with Gasteiger partial charge in [-0.2, -0.15) is 0 Å². The van der Waals surface area contributed by atoms with Crippen molar-refractivity contribution in [3.05, 3.63) is 40.7 Å². The number of nitrogens with zero attached hydrogens (tertiary/aromatic N) is 3. The first-order chi connectivity index (χ1) is 12.9. The van der Waals surface area contributed by atoms with Crippen molar-refractivity contribution in [1.29, 1.82) is 0 Å². The molecule has 0 radical (unpaired) electrons. The van der Waals surface area contributed by atoms with Crippen LogP contribution >= 0.6 is 35.0 Å². The summed E-state index contributed by atoms with van der Waals surface area (Å²) >= 11 is 13.3. The van der Waals surface area contributed by atoms with Crippen molar-refractivity contribution in [3.8, 4) is 0 Å². The summed E-state index contributed by atoms with van der Waals surface area (Å²) in [5.41, 5.74) is 3.33. The van der Waals surface area contributed by atoms with Crippen LogP contribution in [0.2, 0.25) is 0 Å². The van der Waals surface area contributed by atoms with Gasteiger partial charge in [0, 0.05) is 12.7 Å². The molecule has 0 aromatic carbocycles. The number of imide groups is 1. The van der Waals surface area contributed by atoms with Gasteiger partial charge in [0.25, 0.3) is 11.1 Å². The molecule has 0 unspecified atom stereocenters. The molecule has 1 saturated carbocycles. The predicted octanol–water partition coefficient (Wildman–Crippen LogP) is 4.67. The quantitative estimate of drug-likeness (QED) is 0.574. The molecule has 0 atom stereocenters. The van der Waals surface area contributed by atoms with Crippen molar-refractivity contribution < 1.29 is 9.59 Å². The number of alkyl halides is 2. The third-order valence-electron chi connectivity index (χ3n) is 4.65. The summed E-state index contributed by atoms with van der Waals surface area (Å²) in [5, 5.41) is -0.247. The summed E-state index contributed by atoms with van der Waals surface area (Å²) < 4.78 is -0.730. The molecule has 9 heteroatoms. The van der Waals surface area contributed by atoms with Gasteiger partial charge in [-0.1, -0.05) is 17.7 Å². The fraction of sp³-hybridized carbons (Fsp3) is 0.333. The number of hydrogen-bond donors (Lipinski definition) is 1. The second-order valence-electron chi connectivity index (χ2n) is 6.52. The molecular weight excluding hydrogens is 407 g/mol. The summed E-state index contributed by atoms with van der Waals surface area (Å²) in [6.07, 6.45) is 9.39. The van der Waals surface area contributed by atoms with E-state index in [1.54, 1.807) is 18.6 Å². The lowest BCUT2D eigenvalue weighted by atomic mass is 9.93. The first-order valence-corrected chi connectivity index (χ1v) is 10.1. The van der Waals surface area contributed by atoms with E-state index in [-0.39, 0.29) is 17.7 Å². The molecule has 2 aromatic heterocycles. The molecule has 27 heavy (non-hydrogen) atoms. The maximum Gasteiger partial charge on any atom is 0.293 e. The van der Waals surface area contributed by atoms with E-state index in [0.717, 1.165) is 28.4 Å². The molecule has 140 valence electrons. The van der Waals surface area contributed by atoms with Gasteiger partial charge in [-0.25, -0.2) is 9.97 Å². The number of nitrogens with one attached hydrogen (secondary N) is 1. The zero-order valence-corrected chi connectivity index (χ0v) is 16.6. The van der Waals surface area contributed by atoms with Crippen molar-refractivity contribution in [2.45, 2.75) is 30.0 Å². The molecule has 3 heterocycles. The van der Waals surface area contributed by atoms with Gasteiger partial charge in [-0.15, -0.1) is 23.2 Å². The fourth-order valence-electron chi connectivity index (χ4n) is 3.15. The normalized spacial score (nSPS) is 20.4. The van der Waals surface area contributed by atoms with Crippen LogP contribution in [0.3, 0.4) is 0 Å². The highest BCUT2D eigenvalue weighted by atomic mass is 35.5. The standard InChI is InChI=1S/C18H16Cl2N4O2S/c19-18(20)5-3-12(4-6-18)14-16(25)24(17(26)27-14)7-1-2-11-8-13-15(21-9-11)23-10-22-13/h1-2,8-10H,3-7H2,(H,21,22,23). The number of carbonyl (C=O) groups excluding carboxylic acids is 2. The van der Waals surface area contributed by atoms with Crippen LogP contribution in [-0.2, 0) is 4.79 Å². The number of allylic oxidation sites excluding steroid dienone is 1. The number of rotatable bonds is 3. The predicted molar refractivity (Wildman–Crippen MR) is 108 cm³/mol. The van der Waals surface area contributed by atoms with E-state index < -0.39 is 4.33 Å². The van der Waals surface area contributed by atoms with Crippen molar-refractivity contribution in [3.63, 3.8) is 0 Å². The minimum Gasteiger partial charge on any atom is -0.343 e. The van der Waals surface area contributed by atoms with Gasteiger partial charge in [-0.3, -0.25) is 14.5 Å². The number of pyridine rings is 1. The zero-order chi connectivity index (χ0) is 19.0. The first kappa shape index (κ1) is 18.5. The van der Waals surface area contributed by atoms with E-state index in [9.17, 15) is 9.59 Å².